The lowest BCUT2D eigenvalue weighted by molar-refractivity contribution is -0.124. The highest BCUT2D eigenvalue weighted by molar-refractivity contribution is 9.11. The largest absolute Gasteiger partial charge is 0.306 e. The highest BCUT2D eigenvalue weighted by atomic mass is 79.9. The third-order valence-corrected chi connectivity index (χ3v) is 8.72. The van der Waals surface area contributed by atoms with Gasteiger partial charge in [0.15, 0.2) is 0 Å². The van der Waals surface area contributed by atoms with Crippen LogP contribution < -0.4 is 0 Å². The van der Waals surface area contributed by atoms with E-state index in [1.807, 2.05) is 39.4 Å². The van der Waals surface area contributed by atoms with Gasteiger partial charge in [-0.1, -0.05) is 58.4 Å². The van der Waals surface area contributed by atoms with Gasteiger partial charge in [-0.05, 0) is 52.4 Å². The van der Waals surface area contributed by atoms with Crippen LogP contribution in [0.15, 0.2) is 44.6 Å². The first-order chi connectivity index (χ1) is 16.1. The van der Waals surface area contributed by atoms with Crippen LogP contribution in [0.4, 0.5) is 0 Å². The second-order valence-corrected chi connectivity index (χ2v) is 12.0. The van der Waals surface area contributed by atoms with E-state index in [0.717, 1.165) is 76.3 Å². The zero-order valence-corrected chi connectivity index (χ0v) is 22.6. The van der Waals surface area contributed by atoms with Crippen molar-refractivity contribution in [3.8, 4) is 0 Å². The van der Waals surface area contributed by atoms with E-state index in [-0.39, 0.29) is 11.8 Å². The average molecular weight is 548 g/mol. The van der Waals surface area contributed by atoms with Gasteiger partial charge in [-0.15, -0.1) is 22.7 Å². The van der Waals surface area contributed by atoms with Crippen molar-refractivity contribution in [2.24, 2.45) is 0 Å². The van der Waals surface area contributed by atoms with Crippen LogP contribution in [0.5, 0.6) is 0 Å². The number of nitrogens with zero attached hydrogens (tertiary/aromatic N) is 2. The summed E-state index contributed by atoms with van der Waals surface area (Å²) in [4.78, 5) is 33.4. The Labute approximate surface area is 213 Å². The van der Waals surface area contributed by atoms with Crippen LogP contribution in [0.3, 0.4) is 0 Å². The van der Waals surface area contributed by atoms with Crippen molar-refractivity contribution in [1.82, 2.24) is 9.80 Å². The van der Waals surface area contributed by atoms with Crippen LogP contribution in [0.25, 0.3) is 11.4 Å². The summed E-state index contributed by atoms with van der Waals surface area (Å²) in [6.45, 7) is 5.69. The van der Waals surface area contributed by atoms with E-state index >= 15 is 0 Å². The zero-order chi connectivity index (χ0) is 23.4. The van der Waals surface area contributed by atoms with Gasteiger partial charge in [-0.25, -0.2) is 0 Å². The first-order valence-electron chi connectivity index (χ1n) is 12.0. The summed E-state index contributed by atoms with van der Waals surface area (Å²) < 4.78 is 1.00. The third-order valence-electron chi connectivity index (χ3n) is 6.21. The molecule has 4 nitrogen and oxygen atoms in total. The Morgan fingerprint density at radius 1 is 0.758 bits per heavy atom. The van der Waals surface area contributed by atoms with Crippen LogP contribution in [-0.4, -0.2) is 34.7 Å². The monoisotopic (exact) mass is 546 g/mol. The fraction of sp³-hybridized carbons (Fsp3) is 0.462. The molecule has 0 aliphatic carbocycles. The summed E-state index contributed by atoms with van der Waals surface area (Å²) in [7, 11) is 0. The fourth-order valence-electron chi connectivity index (χ4n) is 4.58. The molecular weight excluding hydrogens is 516 g/mol. The summed E-state index contributed by atoms with van der Waals surface area (Å²) in [6, 6.07) is 8.04. The average Bonchev–Trinajstić information content (AvgIpc) is 3.57. The molecule has 33 heavy (non-hydrogen) atoms. The molecule has 2 amide bonds. The molecule has 2 aromatic heterocycles. The molecular formula is C26H31BrN2O2S2. The standard InChI is InChI=1S/C26H31BrN2O2S2/c1-3-5-7-9-15-28-23(18-12-11-17-32-18)21-22(26(28)31)24(19-13-14-20(27)33-19)29(25(21)30)16-10-8-6-4-2/h11-14,17H,3-10,15-16H2,1-2H3. The molecule has 7 heteroatoms. The Kier molecular flexibility index (Phi) is 8.25. The molecule has 2 aliphatic rings. The minimum absolute atomic E-state index is 0.0196. The molecule has 2 aliphatic heterocycles. The van der Waals surface area contributed by atoms with E-state index in [1.54, 1.807) is 22.7 Å². The number of thiophene rings is 2. The molecule has 0 fully saturated rings. The highest BCUT2D eigenvalue weighted by Gasteiger charge is 2.49. The van der Waals surface area contributed by atoms with Crippen molar-refractivity contribution in [2.75, 3.05) is 13.1 Å². The van der Waals surface area contributed by atoms with Crippen LogP contribution >= 0.6 is 38.6 Å². The molecule has 2 aromatic rings. The van der Waals surface area contributed by atoms with Gasteiger partial charge in [-0.2, -0.15) is 0 Å². The third kappa shape index (κ3) is 4.91. The number of fused-ring (bicyclic) bond motifs is 1. The first kappa shape index (κ1) is 24.4. The first-order valence-corrected chi connectivity index (χ1v) is 14.5. The van der Waals surface area contributed by atoms with Gasteiger partial charge in [0, 0.05) is 13.1 Å². The van der Waals surface area contributed by atoms with E-state index in [1.165, 1.54) is 0 Å². The Hall–Kier alpha value is -1.70. The van der Waals surface area contributed by atoms with Crippen molar-refractivity contribution in [2.45, 2.75) is 65.2 Å². The lowest BCUT2D eigenvalue weighted by atomic mass is 10.1. The molecule has 4 rings (SSSR count). The molecule has 176 valence electrons. The molecule has 0 radical (unpaired) electrons. The minimum atomic E-state index is -0.0196. The van der Waals surface area contributed by atoms with Crippen molar-refractivity contribution < 1.29 is 9.59 Å². The van der Waals surface area contributed by atoms with E-state index in [0.29, 0.717) is 24.2 Å². The number of carbonyl (C=O) groups excluding carboxylic acids is 2. The maximum absolute atomic E-state index is 13.9. The summed E-state index contributed by atoms with van der Waals surface area (Å²) in [6.07, 6.45) is 8.70. The van der Waals surface area contributed by atoms with Crippen molar-refractivity contribution in [3.63, 3.8) is 0 Å². The predicted molar refractivity (Wildman–Crippen MR) is 142 cm³/mol. The number of hydrogen-bond acceptors (Lipinski definition) is 4. The number of unbranched alkanes of at least 4 members (excludes halogenated alkanes) is 6. The number of amides is 2. The van der Waals surface area contributed by atoms with Crippen molar-refractivity contribution in [1.29, 1.82) is 0 Å². The predicted octanol–water partition coefficient (Wildman–Crippen LogP) is 7.54. The van der Waals surface area contributed by atoms with Crippen LogP contribution in [0, 0.1) is 0 Å². The minimum Gasteiger partial charge on any atom is -0.306 e. The fourth-order valence-corrected chi connectivity index (χ4v) is 6.81. The SMILES string of the molecule is CCCCCCN1C(=O)C2=C(c3ccc(Br)s3)N(CCCCCC)C(=O)C2=C1c1cccs1. The topological polar surface area (TPSA) is 40.6 Å². The number of halogens is 1. The number of carbonyl (C=O) groups is 2. The van der Waals surface area contributed by atoms with Crippen LogP contribution in [-0.2, 0) is 9.59 Å². The smallest absolute Gasteiger partial charge is 0.261 e. The number of hydrogen-bond donors (Lipinski definition) is 0. The van der Waals surface area contributed by atoms with Gasteiger partial charge in [-0.3, -0.25) is 9.59 Å². The maximum Gasteiger partial charge on any atom is 0.261 e. The van der Waals surface area contributed by atoms with Gasteiger partial charge in [0.05, 0.1) is 36.1 Å². The summed E-state index contributed by atoms with van der Waals surface area (Å²) in [5.74, 6) is -0.0392. The molecule has 0 bridgehead atoms. The van der Waals surface area contributed by atoms with Crippen molar-refractivity contribution >= 4 is 61.8 Å². The molecule has 0 aromatic carbocycles. The molecule has 0 N–H and O–H groups in total. The Balaban J connectivity index is 1.78. The second kappa shape index (κ2) is 11.2. The van der Waals surface area contributed by atoms with E-state index in [4.69, 9.17) is 0 Å². The maximum atomic E-state index is 13.9. The van der Waals surface area contributed by atoms with Crippen molar-refractivity contribution in [3.05, 3.63) is 54.3 Å². The Morgan fingerprint density at radius 3 is 1.79 bits per heavy atom. The molecule has 0 spiro atoms. The zero-order valence-electron chi connectivity index (χ0n) is 19.4. The molecule has 4 heterocycles. The molecule has 0 atom stereocenters. The molecule has 0 saturated carbocycles. The van der Waals surface area contributed by atoms with Gasteiger partial charge in [0.2, 0.25) is 0 Å². The summed E-state index contributed by atoms with van der Waals surface area (Å²) >= 11 is 6.75. The second-order valence-electron chi connectivity index (χ2n) is 8.56. The van der Waals surface area contributed by atoms with E-state index in [9.17, 15) is 9.59 Å². The van der Waals surface area contributed by atoms with Gasteiger partial charge >= 0.3 is 0 Å². The number of rotatable bonds is 12. The van der Waals surface area contributed by atoms with E-state index < -0.39 is 0 Å². The van der Waals surface area contributed by atoms with E-state index in [2.05, 4.69) is 29.8 Å². The normalized spacial score (nSPS) is 16.1. The molecule has 0 saturated heterocycles. The lowest BCUT2D eigenvalue weighted by Crippen LogP contribution is -2.30. The van der Waals surface area contributed by atoms with Crippen LogP contribution in [0.1, 0.15) is 75.0 Å². The lowest BCUT2D eigenvalue weighted by Gasteiger charge is -2.24. The Bertz CT molecular complexity index is 1070. The summed E-state index contributed by atoms with van der Waals surface area (Å²) in [5, 5.41) is 2.02. The quantitative estimate of drug-likeness (QED) is 0.258. The molecule has 0 unspecified atom stereocenters. The van der Waals surface area contributed by atoms with Gasteiger partial charge in [0.25, 0.3) is 11.8 Å². The Morgan fingerprint density at radius 2 is 1.33 bits per heavy atom. The van der Waals surface area contributed by atoms with Crippen LogP contribution in [0.2, 0.25) is 0 Å². The van der Waals surface area contributed by atoms with Gasteiger partial charge < -0.3 is 9.80 Å². The highest BCUT2D eigenvalue weighted by Crippen LogP contribution is 2.48. The van der Waals surface area contributed by atoms with Gasteiger partial charge in [0.1, 0.15) is 0 Å². The summed E-state index contributed by atoms with van der Waals surface area (Å²) in [5.41, 5.74) is 2.82.